The monoisotopic (exact) mass is 271 g/mol. The maximum absolute atomic E-state index is 4.25. The van der Waals surface area contributed by atoms with E-state index >= 15 is 0 Å². The molecule has 0 amide bonds. The van der Waals surface area contributed by atoms with Gasteiger partial charge in [0.15, 0.2) is 0 Å². The van der Waals surface area contributed by atoms with E-state index in [9.17, 15) is 0 Å². The predicted octanol–water partition coefficient (Wildman–Crippen LogP) is 3.48. The van der Waals surface area contributed by atoms with Gasteiger partial charge < -0.3 is 4.90 Å². The molecule has 3 nitrogen and oxygen atoms in total. The summed E-state index contributed by atoms with van der Waals surface area (Å²) in [5, 5.41) is 7.31. The van der Waals surface area contributed by atoms with Crippen LogP contribution >= 0.6 is 0 Å². The lowest BCUT2D eigenvalue weighted by molar-refractivity contribution is 0.317. The number of nitrogens with one attached hydrogen (secondary N) is 1. The fourth-order valence-electron chi connectivity index (χ4n) is 2.51. The first-order chi connectivity index (χ1) is 9.66. The maximum Gasteiger partial charge on any atom is 0.0639 e. The minimum atomic E-state index is 0.986. The van der Waals surface area contributed by atoms with Crippen molar-refractivity contribution in [3.63, 3.8) is 0 Å². The number of aryl methyl sites for hydroxylation is 3. The first-order valence-electron chi connectivity index (χ1n) is 7.39. The zero-order valence-corrected chi connectivity index (χ0v) is 12.8. The Morgan fingerprint density at radius 1 is 1.10 bits per heavy atom. The Hall–Kier alpha value is -1.61. The van der Waals surface area contributed by atoms with Crippen LogP contribution in [0.2, 0.25) is 0 Å². The first-order valence-corrected chi connectivity index (χ1v) is 7.39. The molecule has 1 aromatic heterocycles. The largest absolute Gasteiger partial charge is 0.302 e. The summed E-state index contributed by atoms with van der Waals surface area (Å²) in [5.41, 5.74) is 5.10. The Morgan fingerprint density at radius 2 is 1.85 bits per heavy atom. The van der Waals surface area contributed by atoms with Crippen LogP contribution in [0.5, 0.6) is 0 Å². The number of hydrogen-bond acceptors (Lipinski definition) is 2. The number of H-pyrrole nitrogens is 1. The highest BCUT2D eigenvalue weighted by molar-refractivity contribution is 5.22. The topological polar surface area (TPSA) is 31.9 Å². The summed E-state index contributed by atoms with van der Waals surface area (Å²) in [6.07, 6.45) is 3.66. The summed E-state index contributed by atoms with van der Waals surface area (Å²) in [5.74, 6) is 0. The van der Waals surface area contributed by atoms with E-state index in [1.54, 1.807) is 0 Å². The summed E-state index contributed by atoms with van der Waals surface area (Å²) in [6.45, 7) is 6.29. The molecule has 0 atom stereocenters. The maximum atomic E-state index is 4.25. The lowest BCUT2D eigenvalue weighted by Crippen LogP contribution is -2.20. The molecule has 2 aromatic rings. The molecule has 0 bridgehead atoms. The highest BCUT2D eigenvalue weighted by Crippen LogP contribution is 2.12. The fraction of sp³-hybridized carbons (Fsp3) is 0.471. The van der Waals surface area contributed by atoms with Crippen molar-refractivity contribution in [3.8, 4) is 0 Å². The number of nitrogens with zero attached hydrogens (tertiary/aromatic N) is 2. The fourth-order valence-corrected chi connectivity index (χ4v) is 2.51. The number of aromatic amines is 1. The molecule has 0 fully saturated rings. The van der Waals surface area contributed by atoms with Gasteiger partial charge in [0.05, 0.1) is 5.69 Å². The SMILES string of the molecule is Cc1n[nH]c(C)c1CN(C)CCCCc1ccccc1. The Morgan fingerprint density at radius 3 is 2.50 bits per heavy atom. The average molecular weight is 271 g/mol. The Kier molecular flexibility index (Phi) is 5.36. The van der Waals surface area contributed by atoms with Crippen molar-refractivity contribution < 1.29 is 0 Å². The Balaban J connectivity index is 1.69. The van der Waals surface area contributed by atoms with Crippen LogP contribution in [0.3, 0.4) is 0 Å². The van der Waals surface area contributed by atoms with Gasteiger partial charge in [0.1, 0.15) is 0 Å². The van der Waals surface area contributed by atoms with Gasteiger partial charge in [0.25, 0.3) is 0 Å². The summed E-state index contributed by atoms with van der Waals surface area (Å²) in [6, 6.07) is 10.7. The van der Waals surface area contributed by atoms with Gasteiger partial charge in [-0.25, -0.2) is 0 Å². The number of unbranched alkanes of at least 4 members (excludes halogenated alkanes) is 1. The second-order valence-electron chi connectivity index (χ2n) is 5.59. The van der Waals surface area contributed by atoms with Crippen LogP contribution < -0.4 is 0 Å². The van der Waals surface area contributed by atoms with Gasteiger partial charge in [0, 0.05) is 17.8 Å². The van der Waals surface area contributed by atoms with Crippen molar-refractivity contribution in [2.75, 3.05) is 13.6 Å². The quantitative estimate of drug-likeness (QED) is 0.782. The molecule has 0 saturated heterocycles. The zero-order chi connectivity index (χ0) is 14.4. The molecular formula is C17H25N3. The molecule has 1 aromatic carbocycles. The van der Waals surface area contributed by atoms with Gasteiger partial charge in [-0.1, -0.05) is 30.3 Å². The number of rotatable bonds is 7. The van der Waals surface area contributed by atoms with Crippen LogP contribution in [-0.2, 0) is 13.0 Å². The summed E-state index contributed by atoms with van der Waals surface area (Å²) >= 11 is 0. The molecule has 108 valence electrons. The third kappa shape index (κ3) is 4.20. The lowest BCUT2D eigenvalue weighted by atomic mass is 10.1. The number of hydrogen-bond donors (Lipinski definition) is 1. The minimum absolute atomic E-state index is 0.986. The molecule has 0 saturated carbocycles. The lowest BCUT2D eigenvalue weighted by Gasteiger charge is -2.16. The van der Waals surface area contributed by atoms with Crippen LogP contribution in [0.25, 0.3) is 0 Å². The van der Waals surface area contributed by atoms with Gasteiger partial charge in [-0.05, 0) is 52.3 Å². The third-order valence-corrected chi connectivity index (χ3v) is 3.81. The summed E-state index contributed by atoms with van der Waals surface area (Å²) in [4.78, 5) is 2.38. The van der Waals surface area contributed by atoms with E-state index in [0.717, 1.165) is 18.8 Å². The normalized spacial score (nSPS) is 11.2. The van der Waals surface area contributed by atoms with Crippen molar-refractivity contribution in [3.05, 3.63) is 52.8 Å². The highest BCUT2D eigenvalue weighted by atomic mass is 15.1. The van der Waals surface area contributed by atoms with Gasteiger partial charge in [-0.3, -0.25) is 5.10 Å². The van der Waals surface area contributed by atoms with Crippen LogP contribution in [0.1, 0.15) is 35.4 Å². The van der Waals surface area contributed by atoms with Crippen molar-refractivity contribution in [2.24, 2.45) is 0 Å². The van der Waals surface area contributed by atoms with E-state index in [2.05, 4.69) is 66.3 Å². The van der Waals surface area contributed by atoms with Crippen LogP contribution in [-0.4, -0.2) is 28.7 Å². The molecule has 0 radical (unpaired) electrons. The van der Waals surface area contributed by atoms with Crippen molar-refractivity contribution >= 4 is 0 Å². The van der Waals surface area contributed by atoms with Gasteiger partial charge >= 0.3 is 0 Å². The van der Waals surface area contributed by atoms with E-state index in [1.165, 1.54) is 36.1 Å². The molecule has 1 heterocycles. The molecule has 3 heteroatoms. The number of aromatic nitrogens is 2. The van der Waals surface area contributed by atoms with Crippen molar-refractivity contribution in [1.29, 1.82) is 0 Å². The van der Waals surface area contributed by atoms with Crippen molar-refractivity contribution in [2.45, 2.75) is 39.7 Å². The molecule has 0 unspecified atom stereocenters. The molecule has 0 aliphatic carbocycles. The minimum Gasteiger partial charge on any atom is -0.302 e. The average Bonchev–Trinajstić information content (AvgIpc) is 2.77. The molecule has 20 heavy (non-hydrogen) atoms. The summed E-state index contributed by atoms with van der Waals surface area (Å²) < 4.78 is 0. The van der Waals surface area contributed by atoms with Crippen molar-refractivity contribution in [1.82, 2.24) is 15.1 Å². The zero-order valence-electron chi connectivity index (χ0n) is 12.8. The van der Waals surface area contributed by atoms with E-state index in [0.29, 0.717) is 0 Å². The molecule has 0 aliphatic heterocycles. The van der Waals surface area contributed by atoms with Crippen LogP contribution in [0, 0.1) is 13.8 Å². The molecule has 1 N–H and O–H groups in total. The van der Waals surface area contributed by atoms with Crippen LogP contribution in [0.4, 0.5) is 0 Å². The highest BCUT2D eigenvalue weighted by Gasteiger charge is 2.08. The molecule has 0 spiro atoms. The smallest absolute Gasteiger partial charge is 0.0639 e. The first kappa shape index (κ1) is 14.8. The number of benzene rings is 1. The van der Waals surface area contributed by atoms with Gasteiger partial charge in [0.2, 0.25) is 0 Å². The standard InChI is InChI=1S/C17H25N3/c1-14-17(15(2)19-18-14)13-20(3)12-8-7-11-16-9-5-4-6-10-16/h4-6,9-10H,7-8,11-13H2,1-3H3,(H,18,19). The van der Waals surface area contributed by atoms with E-state index in [4.69, 9.17) is 0 Å². The van der Waals surface area contributed by atoms with E-state index in [1.807, 2.05) is 0 Å². The molecular weight excluding hydrogens is 246 g/mol. The Labute approximate surface area is 122 Å². The Bertz CT molecular complexity index is 497. The molecule has 0 aliphatic rings. The predicted molar refractivity (Wildman–Crippen MR) is 83.8 cm³/mol. The molecule has 2 rings (SSSR count). The van der Waals surface area contributed by atoms with E-state index < -0.39 is 0 Å². The summed E-state index contributed by atoms with van der Waals surface area (Å²) in [7, 11) is 2.19. The van der Waals surface area contributed by atoms with E-state index in [-0.39, 0.29) is 0 Å². The second kappa shape index (κ2) is 7.25. The third-order valence-electron chi connectivity index (χ3n) is 3.81. The van der Waals surface area contributed by atoms with Gasteiger partial charge in [-0.15, -0.1) is 0 Å². The van der Waals surface area contributed by atoms with Crippen LogP contribution in [0.15, 0.2) is 30.3 Å². The van der Waals surface area contributed by atoms with Gasteiger partial charge in [-0.2, -0.15) is 5.10 Å². The second-order valence-corrected chi connectivity index (χ2v) is 5.59.